The SMILES string of the molecule is Cc1cc2c(cc1I)NCCC2I. The Labute approximate surface area is 106 Å². The number of hydrogen-bond donors (Lipinski definition) is 1. The maximum atomic E-state index is 3.45. The standard InChI is InChI=1S/C10H11I2N/c1-6-4-7-8(11)2-3-13-10(7)5-9(6)12/h4-5,8,13H,2-3H2,1H3. The minimum atomic E-state index is 0.685. The molecule has 0 amide bonds. The molecular formula is C10H11I2N. The Morgan fingerprint density at radius 1 is 1.46 bits per heavy atom. The van der Waals surface area contributed by atoms with Gasteiger partial charge in [-0.25, -0.2) is 0 Å². The van der Waals surface area contributed by atoms with Gasteiger partial charge in [-0.3, -0.25) is 0 Å². The third-order valence-corrected chi connectivity index (χ3v) is 4.84. The predicted molar refractivity (Wildman–Crippen MR) is 73.8 cm³/mol. The van der Waals surface area contributed by atoms with Crippen LogP contribution < -0.4 is 5.32 Å². The number of fused-ring (bicyclic) bond motifs is 1. The molecule has 1 aliphatic heterocycles. The minimum absolute atomic E-state index is 0.685. The van der Waals surface area contributed by atoms with E-state index in [-0.39, 0.29) is 0 Å². The van der Waals surface area contributed by atoms with Gasteiger partial charge >= 0.3 is 0 Å². The van der Waals surface area contributed by atoms with Crippen molar-refractivity contribution < 1.29 is 0 Å². The fraction of sp³-hybridized carbons (Fsp3) is 0.400. The molecular weight excluding hydrogens is 388 g/mol. The molecule has 0 bridgehead atoms. The summed E-state index contributed by atoms with van der Waals surface area (Å²) >= 11 is 4.93. The van der Waals surface area contributed by atoms with Crippen molar-refractivity contribution in [2.75, 3.05) is 11.9 Å². The van der Waals surface area contributed by atoms with E-state index in [9.17, 15) is 0 Å². The molecule has 0 radical (unpaired) electrons. The van der Waals surface area contributed by atoms with Gasteiger partial charge in [0.15, 0.2) is 0 Å². The van der Waals surface area contributed by atoms with E-state index in [0.29, 0.717) is 3.92 Å². The maximum Gasteiger partial charge on any atom is 0.0396 e. The van der Waals surface area contributed by atoms with Crippen LogP contribution in [0.4, 0.5) is 5.69 Å². The first-order valence-electron chi connectivity index (χ1n) is 4.36. The monoisotopic (exact) mass is 399 g/mol. The Bertz CT molecular complexity index is 336. The van der Waals surface area contributed by atoms with Gasteiger partial charge in [0.1, 0.15) is 0 Å². The van der Waals surface area contributed by atoms with Gasteiger partial charge in [0.2, 0.25) is 0 Å². The highest BCUT2D eigenvalue weighted by molar-refractivity contribution is 14.1. The second-order valence-corrected chi connectivity index (χ2v) is 6.04. The average molecular weight is 399 g/mol. The Kier molecular flexibility index (Phi) is 3.02. The number of rotatable bonds is 0. The summed E-state index contributed by atoms with van der Waals surface area (Å²) in [6.07, 6.45) is 1.24. The minimum Gasteiger partial charge on any atom is -0.385 e. The number of hydrogen-bond acceptors (Lipinski definition) is 1. The summed E-state index contributed by atoms with van der Waals surface area (Å²) in [6.45, 7) is 3.29. The molecule has 1 atom stereocenters. The van der Waals surface area contributed by atoms with E-state index in [0.717, 1.165) is 6.54 Å². The highest BCUT2D eigenvalue weighted by Crippen LogP contribution is 2.37. The molecule has 13 heavy (non-hydrogen) atoms. The third-order valence-electron chi connectivity index (χ3n) is 2.38. The van der Waals surface area contributed by atoms with Gasteiger partial charge < -0.3 is 5.32 Å². The van der Waals surface area contributed by atoms with Crippen LogP contribution in [0.25, 0.3) is 0 Å². The molecule has 70 valence electrons. The zero-order chi connectivity index (χ0) is 9.42. The zero-order valence-corrected chi connectivity index (χ0v) is 11.7. The van der Waals surface area contributed by atoms with Crippen LogP contribution in [0.3, 0.4) is 0 Å². The molecule has 1 heterocycles. The van der Waals surface area contributed by atoms with Crippen molar-refractivity contribution >= 4 is 50.9 Å². The second kappa shape index (κ2) is 3.92. The van der Waals surface area contributed by atoms with Crippen LogP contribution in [0.1, 0.15) is 21.5 Å². The summed E-state index contributed by atoms with van der Waals surface area (Å²) in [5.74, 6) is 0. The molecule has 1 aliphatic rings. The van der Waals surface area contributed by atoms with Crippen molar-refractivity contribution in [3.8, 4) is 0 Å². The quantitative estimate of drug-likeness (QED) is 0.516. The molecule has 3 heteroatoms. The second-order valence-electron chi connectivity index (χ2n) is 3.37. The van der Waals surface area contributed by atoms with E-state index in [1.165, 1.54) is 26.8 Å². The van der Waals surface area contributed by atoms with Gasteiger partial charge in [-0.2, -0.15) is 0 Å². The normalized spacial score (nSPS) is 20.7. The van der Waals surface area contributed by atoms with Crippen molar-refractivity contribution in [1.29, 1.82) is 0 Å². The third kappa shape index (κ3) is 1.95. The van der Waals surface area contributed by atoms with Gasteiger partial charge in [0.25, 0.3) is 0 Å². The van der Waals surface area contributed by atoms with Crippen molar-refractivity contribution in [3.63, 3.8) is 0 Å². The summed E-state index contributed by atoms with van der Waals surface area (Å²) in [5, 5.41) is 3.45. The average Bonchev–Trinajstić information content (AvgIpc) is 2.09. The highest BCUT2D eigenvalue weighted by Gasteiger charge is 2.17. The van der Waals surface area contributed by atoms with Gasteiger partial charge in [0, 0.05) is 19.7 Å². The lowest BCUT2D eigenvalue weighted by molar-refractivity contribution is 0.833. The lowest BCUT2D eigenvalue weighted by Gasteiger charge is -2.23. The highest BCUT2D eigenvalue weighted by atomic mass is 127. The fourth-order valence-corrected chi connectivity index (χ4v) is 2.90. The molecule has 1 aromatic carbocycles. The Morgan fingerprint density at radius 3 is 3.00 bits per heavy atom. The summed E-state index contributed by atoms with van der Waals surface area (Å²) in [7, 11) is 0. The smallest absolute Gasteiger partial charge is 0.0396 e. The van der Waals surface area contributed by atoms with Crippen LogP contribution in [0.15, 0.2) is 12.1 Å². The van der Waals surface area contributed by atoms with Crippen LogP contribution >= 0.6 is 45.2 Å². The van der Waals surface area contributed by atoms with Crippen LogP contribution in [-0.2, 0) is 0 Å². The molecule has 2 rings (SSSR count). The summed E-state index contributed by atoms with van der Waals surface area (Å²) in [4.78, 5) is 0. The predicted octanol–water partition coefficient (Wildman–Crippen LogP) is 3.89. The molecule has 1 unspecified atom stereocenters. The number of anilines is 1. The Morgan fingerprint density at radius 2 is 2.23 bits per heavy atom. The van der Waals surface area contributed by atoms with Crippen molar-refractivity contribution in [1.82, 2.24) is 0 Å². The molecule has 0 saturated heterocycles. The van der Waals surface area contributed by atoms with Crippen molar-refractivity contribution in [2.45, 2.75) is 17.3 Å². The number of nitrogens with one attached hydrogen (secondary N) is 1. The fourth-order valence-electron chi connectivity index (χ4n) is 1.61. The molecule has 1 aromatic rings. The van der Waals surface area contributed by atoms with Crippen molar-refractivity contribution in [2.24, 2.45) is 0 Å². The summed E-state index contributed by atoms with van der Waals surface area (Å²) in [6, 6.07) is 4.58. The van der Waals surface area contributed by atoms with Gasteiger partial charge in [-0.15, -0.1) is 0 Å². The largest absolute Gasteiger partial charge is 0.385 e. The van der Waals surface area contributed by atoms with E-state index in [2.05, 4.69) is 69.6 Å². The van der Waals surface area contributed by atoms with E-state index < -0.39 is 0 Å². The summed E-state index contributed by atoms with van der Waals surface area (Å²) < 4.78 is 2.04. The zero-order valence-electron chi connectivity index (χ0n) is 7.40. The van der Waals surface area contributed by atoms with Crippen LogP contribution in [0.5, 0.6) is 0 Å². The number of halogens is 2. The maximum absolute atomic E-state index is 3.45. The molecule has 0 fully saturated rings. The van der Waals surface area contributed by atoms with Crippen LogP contribution in [0.2, 0.25) is 0 Å². The first-order valence-corrected chi connectivity index (χ1v) is 6.69. The lowest BCUT2D eigenvalue weighted by Crippen LogP contribution is -2.13. The van der Waals surface area contributed by atoms with E-state index in [1.807, 2.05) is 0 Å². The van der Waals surface area contributed by atoms with Crippen LogP contribution in [0, 0.1) is 10.5 Å². The Hall–Kier alpha value is 0.480. The molecule has 0 aliphatic carbocycles. The number of alkyl halides is 1. The molecule has 0 saturated carbocycles. The van der Waals surface area contributed by atoms with E-state index in [1.54, 1.807) is 0 Å². The number of benzene rings is 1. The number of aryl methyl sites for hydroxylation is 1. The summed E-state index contributed by atoms with van der Waals surface area (Å²) in [5.41, 5.74) is 4.20. The van der Waals surface area contributed by atoms with Gasteiger partial charge in [-0.1, -0.05) is 28.7 Å². The topological polar surface area (TPSA) is 12.0 Å². The van der Waals surface area contributed by atoms with Gasteiger partial charge in [0.05, 0.1) is 0 Å². The van der Waals surface area contributed by atoms with Crippen LogP contribution in [-0.4, -0.2) is 6.54 Å². The van der Waals surface area contributed by atoms with Crippen molar-refractivity contribution in [3.05, 3.63) is 26.8 Å². The molecule has 1 nitrogen and oxygen atoms in total. The first kappa shape index (κ1) is 10.0. The molecule has 1 N–H and O–H groups in total. The molecule has 0 spiro atoms. The lowest BCUT2D eigenvalue weighted by atomic mass is 10.0. The van der Waals surface area contributed by atoms with E-state index in [4.69, 9.17) is 0 Å². The molecule has 0 aromatic heterocycles. The first-order chi connectivity index (χ1) is 6.18. The van der Waals surface area contributed by atoms with Gasteiger partial charge in [-0.05, 0) is 53.1 Å². The van der Waals surface area contributed by atoms with E-state index >= 15 is 0 Å². The Balaban J connectivity index is 2.52.